The SMILES string of the molecule is CC(C)NC(C)c1ccn[nH]1. The van der Waals surface area contributed by atoms with Crippen molar-refractivity contribution < 1.29 is 0 Å². The zero-order chi connectivity index (χ0) is 8.27. The van der Waals surface area contributed by atoms with Crippen LogP contribution in [0.5, 0.6) is 0 Å². The second kappa shape index (κ2) is 3.53. The van der Waals surface area contributed by atoms with Gasteiger partial charge in [0.1, 0.15) is 0 Å². The van der Waals surface area contributed by atoms with Gasteiger partial charge in [-0.3, -0.25) is 5.10 Å². The monoisotopic (exact) mass is 153 g/mol. The number of hydrogen-bond acceptors (Lipinski definition) is 2. The Morgan fingerprint density at radius 3 is 2.64 bits per heavy atom. The Hall–Kier alpha value is -0.830. The van der Waals surface area contributed by atoms with Crippen LogP contribution < -0.4 is 5.32 Å². The number of H-pyrrole nitrogens is 1. The van der Waals surface area contributed by atoms with Crippen molar-refractivity contribution in [2.24, 2.45) is 0 Å². The van der Waals surface area contributed by atoms with Crippen LogP contribution in [-0.4, -0.2) is 16.2 Å². The highest BCUT2D eigenvalue weighted by molar-refractivity contribution is 5.02. The normalized spacial score (nSPS) is 13.8. The molecular weight excluding hydrogens is 138 g/mol. The van der Waals surface area contributed by atoms with E-state index in [0.29, 0.717) is 12.1 Å². The zero-order valence-electron chi connectivity index (χ0n) is 7.26. The third-order valence-electron chi connectivity index (χ3n) is 1.57. The smallest absolute Gasteiger partial charge is 0.0518 e. The summed E-state index contributed by atoms with van der Waals surface area (Å²) < 4.78 is 0. The summed E-state index contributed by atoms with van der Waals surface area (Å²) in [5, 5.41) is 10.2. The molecule has 0 fully saturated rings. The first-order chi connectivity index (χ1) is 5.20. The van der Waals surface area contributed by atoms with Crippen LogP contribution in [0.2, 0.25) is 0 Å². The molecule has 0 spiro atoms. The molecule has 0 saturated carbocycles. The number of aromatic nitrogens is 2. The minimum Gasteiger partial charge on any atom is -0.307 e. The lowest BCUT2D eigenvalue weighted by Crippen LogP contribution is -2.26. The van der Waals surface area contributed by atoms with Crippen LogP contribution in [0.4, 0.5) is 0 Å². The molecule has 0 amide bonds. The fraction of sp³-hybridized carbons (Fsp3) is 0.625. The van der Waals surface area contributed by atoms with Gasteiger partial charge in [-0.15, -0.1) is 0 Å². The first kappa shape index (κ1) is 8.27. The fourth-order valence-electron chi connectivity index (χ4n) is 1.10. The zero-order valence-corrected chi connectivity index (χ0v) is 7.26. The lowest BCUT2D eigenvalue weighted by molar-refractivity contribution is 0.497. The van der Waals surface area contributed by atoms with E-state index in [1.165, 1.54) is 0 Å². The van der Waals surface area contributed by atoms with Crippen molar-refractivity contribution in [3.05, 3.63) is 18.0 Å². The van der Waals surface area contributed by atoms with Crippen molar-refractivity contribution >= 4 is 0 Å². The Balaban J connectivity index is 2.49. The number of nitrogens with one attached hydrogen (secondary N) is 2. The van der Waals surface area contributed by atoms with Gasteiger partial charge >= 0.3 is 0 Å². The summed E-state index contributed by atoms with van der Waals surface area (Å²) in [7, 11) is 0. The molecule has 0 aliphatic carbocycles. The van der Waals surface area contributed by atoms with Crippen LogP contribution in [-0.2, 0) is 0 Å². The largest absolute Gasteiger partial charge is 0.307 e. The topological polar surface area (TPSA) is 40.7 Å². The van der Waals surface area contributed by atoms with Crippen LogP contribution in [0.25, 0.3) is 0 Å². The number of nitrogens with zero attached hydrogens (tertiary/aromatic N) is 1. The first-order valence-corrected chi connectivity index (χ1v) is 3.95. The van der Waals surface area contributed by atoms with Crippen LogP contribution in [0.3, 0.4) is 0 Å². The van der Waals surface area contributed by atoms with Gasteiger partial charge in [-0.25, -0.2) is 0 Å². The molecule has 0 aromatic carbocycles. The molecule has 1 rings (SSSR count). The second-order valence-electron chi connectivity index (χ2n) is 3.06. The third-order valence-corrected chi connectivity index (χ3v) is 1.57. The third kappa shape index (κ3) is 2.35. The molecule has 1 unspecified atom stereocenters. The van der Waals surface area contributed by atoms with Crippen molar-refractivity contribution in [2.45, 2.75) is 32.9 Å². The fourth-order valence-corrected chi connectivity index (χ4v) is 1.10. The van der Waals surface area contributed by atoms with E-state index in [9.17, 15) is 0 Å². The highest BCUT2D eigenvalue weighted by Crippen LogP contribution is 2.07. The first-order valence-electron chi connectivity index (χ1n) is 3.95. The Kier molecular flexibility index (Phi) is 2.65. The van der Waals surface area contributed by atoms with Crippen LogP contribution in [0, 0.1) is 0 Å². The van der Waals surface area contributed by atoms with Crippen LogP contribution in [0.1, 0.15) is 32.5 Å². The van der Waals surface area contributed by atoms with Gasteiger partial charge in [-0.05, 0) is 13.0 Å². The predicted octanol–water partition coefficient (Wildman–Crippen LogP) is 1.47. The maximum Gasteiger partial charge on any atom is 0.0518 e. The van der Waals surface area contributed by atoms with E-state index in [2.05, 4.69) is 36.3 Å². The Bertz CT molecular complexity index is 191. The summed E-state index contributed by atoms with van der Waals surface area (Å²) in [4.78, 5) is 0. The van der Waals surface area contributed by atoms with E-state index in [4.69, 9.17) is 0 Å². The number of aromatic amines is 1. The van der Waals surface area contributed by atoms with Crippen molar-refractivity contribution in [3.63, 3.8) is 0 Å². The molecule has 1 atom stereocenters. The quantitative estimate of drug-likeness (QED) is 0.690. The van der Waals surface area contributed by atoms with Gasteiger partial charge in [0.15, 0.2) is 0 Å². The highest BCUT2D eigenvalue weighted by atomic mass is 15.1. The van der Waals surface area contributed by atoms with Crippen molar-refractivity contribution in [2.75, 3.05) is 0 Å². The van der Waals surface area contributed by atoms with Crippen molar-refractivity contribution in [3.8, 4) is 0 Å². The molecule has 11 heavy (non-hydrogen) atoms. The van der Waals surface area contributed by atoms with Gasteiger partial charge in [0.2, 0.25) is 0 Å². The van der Waals surface area contributed by atoms with E-state index in [0.717, 1.165) is 5.69 Å². The maximum atomic E-state index is 3.89. The van der Waals surface area contributed by atoms with E-state index in [1.54, 1.807) is 6.20 Å². The molecule has 0 aliphatic rings. The lowest BCUT2D eigenvalue weighted by atomic mass is 10.2. The van der Waals surface area contributed by atoms with E-state index in [1.807, 2.05) is 6.07 Å². The minimum absolute atomic E-state index is 0.359. The Labute approximate surface area is 67.2 Å². The lowest BCUT2D eigenvalue weighted by Gasteiger charge is -2.14. The molecule has 3 heteroatoms. The minimum atomic E-state index is 0.359. The molecule has 62 valence electrons. The molecule has 1 heterocycles. The summed E-state index contributed by atoms with van der Waals surface area (Å²) in [6, 6.07) is 2.85. The highest BCUT2D eigenvalue weighted by Gasteiger charge is 2.06. The molecule has 1 aromatic rings. The molecule has 2 N–H and O–H groups in total. The van der Waals surface area contributed by atoms with E-state index < -0.39 is 0 Å². The second-order valence-corrected chi connectivity index (χ2v) is 3.06. The van der Waals surface area contributed by atoms with Crippen LogP contribution >= 0.6 is 0 Å². The Morgan fingerprint density at radius 1 is 1.45 bits per heavy atom. The summed E-state index contributed by atoms with van der Waals surface area (Å²) in [6.45, 7) is 6.38. The van der Waals surface area contributed by atoms with Crippen molar-refractivity contribution in [1.29, 1.82) is 0 Å². The molecule has 0 radical (unpaired) electrons. The van der Waals surface area contributed by atoms with Gasteiger partial charge in [-0.1, -0.05) is 13.8 Å². The molecule has 0 aliphatic heterocycles. The molecule has 0 saturated heterocycles. The maximum absolute atomic E-state index is 3.89. The van der Waals surface area contributed by atoms with Gasteiger partial charge in [-0.2, -0.15) is 5.10 Å². The standard InChI is InChI=1S/C8H15N3/c1-6(2)10-7(3)8-4-5-9-11-8/h4-7,10H,1-3H3,(H,9,11). The van der Waals surface area contributed by atoms with E-state index >= 15 is 0 Å². The molecule has 3 nitrogen and oxygen atoms in total. The summed E-state index contributed by atoms with van der Waals surface area (Å²) in [5.74, 6) is 0. The van der Waals surface area contributed by atoms with Crippen LogP contribution in [0.15, 0.2) is 12.3 Å². The summed E-state index contributed by atoms with van der Waals surface area (Å²) >= 11 is 0. The average Bonchev–Trinajstić information content (AvgIpc) is 2.35. The number of rotatable bonds is 3. The predicted molar refractivity (Wildman–Crippen MR) is 45.3 cm³/mol. The van der Waals surface area contributed by atoms with Gasteiger partial charge < -0.3 is 5.32 Å². The average molecular weight is 153 g/mol. The summed E-state index contributed by atoms with van der Waals surface area (Å²) in [5.41, 5.74) is 1.14. The molecule has 0 bridgehead atoms. The van der Waals surface area contributed by atoms with Gasteiger partial charge in [0.05, 0.1) is 5.69 Å². The van der Waals surface area contributed by atoms with Gasteiger partial charge in [0, 0.05) is 18.3 Å². The summed E-state index contributed by atoms with van der Waals surface area (Å²) in [6.07, 6.45) is 1.77. The Morgan fingerprint density at radius 2 is 2.18 bits per heavy atom. The van der Waals surface area contributed by atoms with Gasteiger partial charge in [0.25, 0.3) is 0 Å². The number of hydrogen-bond donors (Lipinski definition) is 2. The van der Waals surface area contributed by atoms with E-state index in [-0.39, 0.29) is 0 Å². The van der Waals surface area contributed by atoms with Crippen molar-refractivity contribution in [1.82, 2.24) is 15.5 Å². The molecular formula is C8H15N3. The molecule has 1 aromatic heterocycles.